The lowest BCUT2D eigenvalue weighted by Crippen LogP contribution is -2.28. The van der Waals surface area contributed by atoms with E-state index in [9.17, 15) is 14.3 Å². The third-order valence-corrected chi connectivity index (χ3v) is 9.04. The summed E-state index contributed by atoms with van der Waals surface area (Å²) in [5.41, 5.74) is 5.35. The van der Waals surface area contributed by atoms with Crippen molar-refractivity contribution in [3.05, 3.63) is 36.5 Å². The van der Waals surface area contributed by atoms with Crippen LogP contribution in [-0.4, -0.2) is 49.9 Å². The monoisotopic (exact) mass is 700 g/mol. The number of nitrogens with two attached hydrogens (primary N) is 1. The Hall–Kier alpha value is -1.28. The molecule has 0 aromatic heterocycles. The molecule has 9 heteroatoms. The smallest absolute Gasteiger partial charge is 0.457 e. The Morgan fingerprint density at radius 2 is 1.10 bits per heavy atom. The van der Waals surface area contributed by atoms with Gasteiger partial charge in [-0.2, -0.15) is 0 Å². The van der Waals surface area contributed by atoms with Gasteiger partial charge in [0.25, 0.3) is 0 Å². The van der Waals surface area contributed by atoms with Gasteiger partial charge in [-0.25, -0.2) is 4.57 Å². The minimum absolute atomic E-state index is 0.0973. The summed E-state index contributed by atoms with van der Waals surface area (Å²) in [6, 6.07) is 0. The first-order valence-corrected chi connectivity index (χ1v) is 21.0. The first kappa shape index (κ1) is 46.7. The van der Waals surface area contributed by atoms with Crippen LogP contribution in [0.4, 0.5) is 0 Å². The number of carbonyl (C=O) groups excluding carboxylic acids is 1. The lowest BCUT2D eigenvalue weighted by Gasteiger charge is -2.20. The molecule has 0 aromatic carbocycles. The van der Waals surface area contributed by atoms with E-state index in [0.29, 0.717) is 13.0 Å². The quantitative estimate of drug-likeness (QED) is 0.0285. The van der Waals surface area contributed by atoms with Gasteiger partial charge in [0.05, 0.1) is 19.8 Å². The number of carbonyl (C=O) groups is 1. The maximum Gasteiger partial charge on any atom is 0.472 e. The first-order valence-electron chi connectivity index (χ1n) is 19.5. The Balaban J connectivity index is 4.02. The van der Waals surface area contributed by atoms with E-state index in [2.05, 4.69) is 50.3 Å². The largest absolute Gasteiger partial charge is 0.472 e. The van der Waals surface area contributed by atoms with Crippen LogP contribution in [-0.2, 0) is 27.9 Å². The molecule has 0 rings (SSSR count). The molecule has 0 spiro atoms. The zero-order valence-electron chi connectivity index (χ0n) is 31.0. The molecule has 0 amide bonds. The summed E-state index contributed by atoms with van der Waals surface area (Å²) in [6.45, 7) is 4.85. The highest BCUT2D eigenvalue weighted by molar-refractivity contribution is 7.47. The number of hydrogen-bond acceptors (Lipinski definition) is 7. The van der Waals surface area contributed by atoms with Crippen LogP contribution >= 0.6 is 7.82 Å². The van der Waals surface area contributed by atoms with Gasteiger partial charge in [-0.1, -0.05) is 147 Å². The molecule has 0 fully saturated rings. The average molecular weight is 700 g/mol. The van der Waals surface area contributed by atoms with Gasteiger partial charge in [0.1, 0.15) is 6.10 Å². The first-order chi connectivity index (χ1) is 23.4. The Labute approximate surface area is 295 Å². The Morgan fingerprint density at radius 1 is 0.625 bits per heavy atom. The van der Waals surface area contributed by atoms with Crippen molar-refractivity contribution in [1.82, 2.24) is 0 Å². The van der Waals surface area contributed by atoms with E-state index in [0.717, 1.165) is 51.4 Å². The summed E-state index contributed by atoms with van der Waals surface area (Å²) < 4.78 is 33.2. The summed E-state index contributed by atoms with van der Waals surface area (Å²) in [5, 5.41) is 0. The molecule has 0 aliphatic heterocycles. The number of rotatable bonds is 37. The van der Waals surface area contributed by atoms with Crippen molar-refractivity contribution >= 4 is 13.8 Å². The molecular formula is C39H74NO7P. The van der Waals surface area contributed by atoms with Crippen molar-refractivity contribution in [3.63, 3.8) is 0 Å². The number of ether oxygens (including phenoxy) is 2. The molecule has 0 saturated heterocycles. The molecule has 8 nitrogen and oxygen atoms in total. The minimum Gasteiger partial charge on any atom is -0.457 e. The summed E-state index contributed by atoms with van der Waals surface area (Å²) in [5.74, 6) is -0.338. The lowest BCUT2D eigenvalue weighted by atomic mass is 10.1. The second-order valence-corrected chi connectivity index (χ2v) is 14.2. The highest BCUT2D eigenvalue weighted by Crippen LogP contribution is 2.43. The predicted molar refractivity (Wildman–Crippen MR) is 201 cm³/mol. The van der Waals surface area contributed by atoms with E-state index < -0.39 is 13.9 Å². The summed E-state index contributed by atoms with van der Waals surface area (Å²) in [6.07, 6.45) is 40.2. The maximum atomic E-state index is 12.5. The number of allylic oxidation sites excluding steroid dienone is 6. The molecule has 0 aliphatic rings. The number of phosphoric ester groups is 1. The number of hydrogen-bond donors (Lipinski definition) is 2. The molecule has 3 N–H and O–H groups in total. The Bertz CT molecular complexity index is 833. The molecule has 0 heterocycles. The second-order valence-electron chi connectivity index (χ2n) is 12.8. The van der Waals surface area contributed by atoms with Gasteiger partial charge in [0, 0.05) is 19.6 Å². The highest BCUT2D eigenvalue weighted by Gasteiger charge is 2.25. The predicted octanol–water partition coefficient (Wildman–Crippen LogP) is 11.1. The molecule has 2 unspecified atom stereocenters. The van der Waals surface area contributed by atoms with Crippen LogP contribution in [0, 0.1) is 0 Å². The molecule has 0 bridgehead atoms. The average Bonchev–Trinajstić information content (AvgIpc) is 3.07. The standard InChI is InChI=1S/C39H74NO7P/c1-3-5-7-9-11-13-14-15-16-17-18-19-20-21-22-23-25-27-29-31-34-44-36-38(37-46-48(42,43)45-35-33-40)47-39(41)32-30-28-26-24-12-10-8-6-4-2/h11,13,15-16,18-19,38H,3-10,12,14,17,20-37,40H2,1-2H3,(H,42,43)/b13-11-,16-15-,19-18-. The second kappa shape index (κ2) is 37.0. The van der Waals surface area contributed by atoms with E-state index in [-0.39, 0.29) is 32.3 Å². The van der Waals surface area contributed by atoms with Gasteiger partial charge in [-0.05, 0) is 51.4 Å². The molecular weight excluding hydrogens is 625 g/mol. The summed E-state index contributed by atoms with van der Waals surface area (Å²) in [7, 11) is -4.27. The molecule has 48 heavy (non-hydrogen) atoms. The van der Waals surface area contributed by atoms with Gasteiger partial charge in [-0.15, -0.1) is 0 Å². The van der Waals surface area contributed by atoms with Crippen molar-refractivity contribution in [3.8, 4) is 0 Å². The molecule has 0 aliphatic carbocycles. The van der Waals surface area contributed by atoms with Crippen LogP contribution in [0.5, 0.6) is 0 Å². The van der Waals surface area contributed by atoms with Crippen LogP contribution < -0.4 is 5.73 Å². The molecule has 0 saturated carbocycles. The van der Waals surface area contributed by atoms with E-state index in [1.165, 1.54) is 96.3 Å². The van der Waals surface area contributed by atoms with Crippen molar-refractivity contribution in [1.29, 1.82) is 0 Å². The van der Waals surface area contributed by atoms with Crippen LogP contribution in [0.15, 0.2) is 36.5 Å². The van der Waals surface area contributed by atoms with Crippen LogP contribution in [0.2, 0.25) is 0 Å². The number of unbranched alkanes of at least 4 members (excludes halogenated alkanes) is 18. The zero-order chi connectivity index (χ0) is 35.2. The van der Waals surface area contributed by atoms with Gasteiger partial charge < -0.3 is 20.1 Å². The fraction of sp³-hybridized carbons (Fsp3) is 0.821. The molecule has 0 radical (unpaired) electrons. The Kier molecular flexibility index (Phi) is 36.0. The molecule has 0 aromatic rings. The van der Waals surface area contributed by atoms with Crippen molar-refractivity contribution in [2.24, 2.45) is 5.73 Å². The minimum atomic E-state index is -4.27. The third-order valence-electron chi connectivity index (χ3n) is 8.06. The number of esters is 1. The topological polar surface area (TPSA) is 117 Å². The fourth-order valence-electron chi connectivity index (χ4n) is 5.18. The van der Waals surface area contributed by atoms with E-state index in [4.69, 9.17) is 24.3 Å². The third kappa shape index (κ3) is 36.0. The van der Waals surface area contributed by atoms with Crippen molar-refractivity contribution < 1.29 is 32.8 Å². The highest BCUT2D eigenvalue weighted by atomic mass is 31.2. The van der Waals surface area contributed by atoms with Crippen LogP contribution in [0.1, 0.15) is 168 Å². The van der Waals surface area contributed by atoms with E-state index in [1.807, 2.05) is 0 Å². The van der Waals surface area contributed by atoms with E-state index in [1.54, 1.807) is 0 Å². The van der Waals surface area contributed by atoms with Crippen LogP contribution in [0.25, 0.3) is 0 Å². The lowest BCUT2D eigenvalue weighted by molar-refractivity contribution is -0.154. The van der Waals surface area contributed by atoms with Gasteiger partial charge in [0.15, 0.2) is 0 Å². The maximum absolute atomic E-state index is 12.5. The van der Waals surface area contributed by atoms with Gasteiger partial charge in [-0.3, -0.25) is 13.8 Å². The number of phosphoric acid groups is 1. The summed E-state index contributed by atoms with van der Waals surface area (Å²) in [4.78, 5) is 22.3. The Morgan fingerprint density at radius 3 is 1.69 bits per heavy atom. The van der Waals surface area contributed by atoms with E-state index >= 15 is 0 Å². The van der Waals surface area contributed by atoms with Crippen molar-refractivity contribution in [2.75, 3.05) is 33.0 Å². The summed E-state index contributed by atoms with van der Waals surface area (Å²) >= 11 is 0. The molecule has 2 atom stereocenters. The van der Waals surface area contributed by atoms with Crippen LogP contribution in [0.3, 0.4) is 0 Å². The zero-order valence-corrected chi connectivity index (χ0v) is 31.9. The van der Waals surface area contributed by atoms with Crippen molar-refractivity contribution in [2.45, 2.75) is 174 Å². The fourth-order valence-corrected chi connectivity index (χ4v) is 5.94. The normalized spacial score (nSPS) is 14.0. The van der Waals surface area contributed by atoms with Gasteiger partial charge in [0.2, 0.25) is 0 Å². The molecule has 282 valence electrons. The van der Waals surface area contributed by atoms with Gasteiger partial charge >= 0.3 is 13.8 Å². The SMILES string of the molecule is CCCCC/C=C\C/C=C\C/C=C\CCCCCCCCCOCC(COP(=O)(O)OCCN)OC(=O)CCCCCCCCCCC.